The van der Waals surface area contributed by atoms with Crippen molar-refractivity contribution in [2.45, 2.75) is 13.8 Å². The number of benzene rings is 1. The lowest BCUT2D eigenvalue weighted by Gasteiger charge is -2.12. The van der Waals surface area contributed by atoms with Gasteiger partial charge in [-0.25, -0.2) is 13.9 Å². The van der Waals surface area contributed by atoms with E-state index in [-0.39, 0.29) is 29.5 Å². The van der Waals surface area contributed by atoms with Crippen LogP contribution in [-0.2, 0) is 4.74 Å². The van der Waals surface area contributed by atoms with Gasteiger partial charge in [0.15, 0.2) is 5.69 Å². The zero-order valence-electron chi connectivity index (χ0n) is 13.5. The normalized spacial score (nSPS) is 10.5. The molecule has 0 aliphatic carbocycles. The summed E-state index contributed by atoms with van der Waals surface area (Å²) in [5.41, 5.74) is 0.991. The quantitative estimate of drug-likeness (QED) is 0.811. The number of aryl methyl sites for hydroxylation is 1. The van der Waals surface area contributed by atoms with E-state index in [1.807, 2.05) is 0 Å². The summed E-state index contributed by atoms with van der Waals surface area (Å²) >= 11 is 0. The Kier molecular flexibility index (Phi) is 4.78. The number of hydrogen-bond donors (Lipinski definition) is 0. The molecule has 1 aromatic heterocycles. The van der Waals surface area contributed by atoms with Gasteiger partial charge in [0.2, 0.25) is 0 Å². The van der Waals surface area contributed by atoms with Crippen LogP contribution in [-0.4, -0.2) is 47.3 Å². The fourth-order valence-electron chi connectivity index (χ4n) is 2.10. The standard InChI is InChI=1S/C16H18FN3O3/c1-5-23-16(22)14-8-10(2)18-20(14)13-7-6-11(9-12(13)17)15(21)19(3)4/h6-9H,5H2,1-4H3. The summed E-state index contributed by atoms with van der Waals surface area (Å²) < 4.78 is 20.6. The molecule has 0 spiro atoms. The number of rotatable bonds is 4. The number of halogens is 1. The van der Waals surface area contributed by atoms with Crippen molar-refractivity contribution < 1.29 is 18.7 Å². The van der Waals surface area contributed by atoms with Crippen LogP contribution in [0.15, 0.2) is 24.3 Å². The molecule has 0 bridgehead atoms. The summed E-state index contributed by atoms with van der Waals surface area (Å²) in [6.07, 6.45) is 0. The third-order valence-corrected chi connectivity index (χ3v) is 3.15. The first-order chi connectivity index (χ1) is 10.8. The van der Waals surface area contributed by atoms with Gasteiger partial charge in [0.1, 0.15) is 11.5 Å². The molecule has 0 atom stereocenters. The Morgan fingerprint density at radius 1 is 1.30 bits per heavy atom. The zero-order chi connectivity index (χ0) is 17.1. The maximum atomic E-state index is 14.4. The molecule has 7 heteroatoms. The maximum Gasteiger partial charge on any atom is 0.357 e. The van der Waals surface area contributed by atoms with Crippen molar-refractivity contribution in [1.82, 2.24) is 14.7 Å². The Hall–Kier alpha value is -2.70. The fourth-order valence-corrected chi connectivity index (χ4v) is 2.10. The molecule has 1 heterocycles. The first-order valence-electron chi connectivity index (χ1n) is 7.10. The molecule has 2 aromatic rings. The van der Waals surface area contributed by atoms with E-state index in [0.29, 0.717) is 5.69 Å². The maximum absolute atomic E-state index is 14.4. The molecular formula is C16H18FN3O3. The van der Waals surface area contributed by atoms with Crippen molar-refractivity contribution in [3.8, 4) is 5.69 Å². The first kappa shape index (κ1) is 16.7. The van der Waals surface area contributed by atoms with Gasteiger partial charge in [0.05, 0.1) is 12.3 Å². The molecule has 6 nitrogen and oxygen atoms in total. The van der Waals surface area contributed by atoms with E-state index < -0.39 is 11.8 Å². The highest BCUT2D eigenvalue weighted by Gasteiger charge is 2.20. The van der Waals surface area contributed by atoms with Crippen molar-refractivity contribution in [1.29, 1.82) is 0 Å². The van der Waals surface area contributed by atoms with E-state index >= 15 is 0 Å². The van der Waals surface area contributed by atoms with Crippen LogP contribution < -0.4 is 0 Å². The highest BCUT2D eigenvalue weighted by Crippen LogP contribution is 2.19. The molecule has 0 fully saturated rings. The smallest absolute Gasteiger partial charge is 0.357 e. The second kappa shape index (κ2) is 6.60. The molecule has 23 heavy (non-hydrogen) atoms. The lowest BCUT2D eigenvalue weighted by Crippen LogP contribution is -2.22. The number of carbonyl (C=O) groups excluding carboxylic acids is 2. The van der Waals surface area contributed by atoms with Crippen LogP contribution in [0.3, 0.4) is 0 Å². The number of amides is 1. The highest BCUT2D eigenvalue weighted by molar-refractivity contribution is 5.94. The van der Waals surface area contributed by atoms with Crippen LogP contribution >= 0.6 is 0 Å². The number of hydrogen-bond acceptors (Lipinski definition) is 4. The first-order valence-corrected chi connectivity index (χ1v) is 7.10. The van der Waals surface area contributed by atoms with Gasteiger partial charge in [-0.15, -0.1) is 0 Å². The summed E-state index contributed by atoms with van der Waals surface area (Å²) in [6.45, 7) is 3.59. The molecular weight excluding hydrogens is 301 g/mol. The van der Waals surface area contributed by atoms with Crippen LogP contribution in [0, 0.1) is 12.7 Å². The minimum absolute atomic E-state index is 0.0801. The van der Waals surface area contributed by atoms with Crippen LogP contribution in [0.1, 0.15) is 33.5 Å². The second-order valence-electron chi connectivity index (χ2n) is 5.17. The molecule has 0 radical (unpaired) electrons. The minimum Gasteiger partial charge on any atom is -0.461 e. The molecule has 0 aliphatic heterocycles. The third kappa shape index (κ3) is 3.39. The van der Waals surface area contributed by atoms with Crippen LogP contribution in [0.4, 0.5) is 4.39 Å². The molecule has 0 aliphatic rings. The highest BCUT2D eigenvalue weighted by atomic mass is 19.1. The summed E-state index contributed by atoms with van der Waals surface area (Å²) in [6, 6.07) is 5.56. The van der Waals surface area contributed by atoms with Gasteiger partial charge in [-0.1, -0.05) is 0 Å². The predicted octanol–water partition coefficient (Wildman–Crippen LogP) is 2.20. The fraction of sp³-hybridized carbons (Fsp3) is 0.312. The predicted molar refractivity (Wildman–Crippen MR) is 82.2 cm³/mol. The average molecular weight is 319 g/mol. The number of aromatic nitrogens is 2. The van der Waals surface area contributed by atoms with Crippen molar-refractivity contribution in [2.75, 3.05) is 20.7 Å². The summed E-state index contributed by atoms with van der Waals surface area (Å²) in [7, 11) is 3.17. The van der Waals surface area contributed by atoms with Crippen molar-refractivity contribution in [2.24, 2.45) is 0 Å². The lowest BCUT2D eigenvalue weighted by molar-refractivity contribution is 0.0515. The van der Waals surface area contributed by atoms with E-state index in [0.717, 1.165) is 6.07 Å². The SMILES string of the molecule is CCOC(=O)c1cc(C)nn1-c1ccc(C(=O)N(C)C)cc1F. The van der Waals surface area contributed by atoms with E-state index in [9.17, 15) is 14.0 Å². The van der Waals surface area contributed by atoms with Gasteiger partial charge in [0, 0.05) is 19.7 Å². The van der Waals surface area contributed by atoms with Gasteiger partial charge in [-0.3, -0.25) is 4.79 Å². The van der Waals surface area contributed by atoms with Crippen LogP contribution in [0.2, 0.25) is 0 Å². The van der Waals surface area contributed by atoms with Crippen LogP contribution in [0.25, 0.3) is 5.69 Å². The van der Waals surface area contributed by atoms with E-state index in [2.05, 4.69) is 5.10 Å². The van der Waals surface area contributed by atoms with E-state index in [1.165, 1.54) is 27.8 Å². The monoisotopic (exact) mass is 319 g/mol. The molecule has 2 rings (SSSR count). The summed E-state index contributed by atoms with van der Waals surface area (Å²) in [4.78, 5) is 25.2. The lowest BCUT2D eigenvalue weighted by atomic mass is 10.1. The van der Waals surface area contributed by atoms with Gasteiger partial charge in [0.25, 0.3) is 5.91 Å². The van der Waals surface area contributed by atoms with E-state index in [1.54, 1.807) is 27.9 Å². The Morgan fingerprint density at radius 3 is 2.57 bits per heavy atom. The Labute approximate surface area is 133 Å². The second-order valence-corrected chi connectivity index (χ2v) is 5.17. The van der Waals surface area contributed by atoms with Crippen molar-refractivity contribution in [3.63, 3.8) is 0 Å². The molecule has 0 saturated carbocycles. The topological polar surface area (TPSA) is 64.4 Å². The molecule has 0 saturated heterocycles. The van der Waals surface area contributed by atoms with E-state index in [4.69, 9.17) is 4.74 Å². The largest absolute Gasteiger partial charge is 0.461 e. The van der Waals surface area contributed by atoms with Gasteiger partial charge < -0.3 is 9.64 Å². The number of carbonyl (C=O) groups is 2. The van der Waals surface area contributed by atoms with Crippen molar-refractivity contribution in [3.05, 3.63) is 47.0 Å². The van der Waals surface area contributed by atoms with Gasteiger partial charge in [-0.2, -0.15) is 5.10 Å². The van der Waals surface area contributed by atoms with Gasteiger partial charge in [-0.05, 0) is 38.1 Å². The van der Waals surface area contributed by atoms with Crippen molar-refractivity contribution >= 4 is 11.9 Å². The minimum atomic E-state index is -0.647. The molecule has 122 valence electrons. The Balaban J connectivity index is 2.47. The summed E-state index contributed by atoms with van der Waals surface area (Å²) in [5, 5.41) is 4.14. The average Bonchev–Trinajstić information content (AvgIpc) is 2.88. The molecule has 0 unspecified atom stereocenters. The van der Waals surface area contributed by atoms with Crippen LogP contribution in [0.5, 0.6) is 0 Å². The Bertz CT molecular complexity index is 753. The summed E-state index contributed by atoms with van der Waals surface area (Å²) in [5.74, 6) is -1.54. The number of nitrogens with zero attached hydrogens (tertiary/aromatic N) is 3. The zero-order valence-corrected chi connectivity index (χ0v) is 13.5. The third-order valence-electron chi connectivity index (χ3n) is 3.15. The molecule has 1 amide bonds. The molecule has 0 N–H and O–H groups in total. The van der Waals surface area contributed by atoms with Gasteiger partial charge >= 0.3 is 5.97 Å². The molecule has 1 aromatic carbocycles. The number of ether oxygens (including phenoxy) is 1. The Morgan fingerprint density at radius 2 is 2.00 bits per heavy atom. The number of esters is 1.